The van der Waals surface area contributed by atoms with E-state index in [2.05, 4.69) is 6.58 Å². The van der Waals surface area contributed by atoms with Crippen LogP contribution in [0.1, 0.15) is 35.2 Å². The molecule has 1 unspecified atom stereocenters. The van der Waals surface area contributed by atoms with Gasteiger partial charge in [-0.05, 0) is 49.4 Å². The van der Waals surface area contributed by atoms with Crippen molar-refractivity contribution in [2.45, 2.75) is 31.8 Å². The molecule has 0 aliphatic carbocycles. The fraction of sp³-hybridized carbons (Fsp3) is 0.500. The van der Waals surface area contributed by atoms with Crippen LogP contribution in [0.3, 0.4) is 0 Å². The molecule has 1 fully saturated rings. The minimum Gasteiger partial charge on any atom is -0.496 e. The first kappa shape index (κ1) is 16.6. The average Bonchev–Trinajstić information content (AvgIpc) is 2.55. The molecule has 0 radical (unpaired) electrons. The van der Waals surface area contributed by atoms with E-state index in [4.69, 9.17) is 9.47 Å². The molecule has 1 heterocycles. The maximum absolute atomic E-state index is 12.6. The summed E-state index contributed by atoms with van der Waals surface area (Å²) in [7, 11) is 3.47. The van der Waals surface area contributed by atoms with Crippen LogP contribution in [0.15, 0.2) is 30.9 Å². The van der Waals surface area contributed by atoms with Crippen molar-refractivity contribution in [3.63, 3.8) is 0 Å². The van der Waals surface area contributed by atoms with E-state index in [0.717, 1.165) is 30.8 Å². The van der Waals surface area contributed by atoms with Gasteiger partial charge >= 0.3 is 0 Å². The molecule has 1 aromatic carbocycles. The molecule has 1 aliphatic heterocycles. The highest BCUT2D eigenvalue weighted by atomic mass is 16.5. The number of benzene rings is 1. The smallest absolute Gasteiger partial charge is 0.253 e. The molecular weight excluding hydrogens is 278 g/mol. The van der Waals surface area contributed by atoms with Gasteiger partial charge in [-0.3, -0.25) is 4.79 Å². The summed E-state index contributed by atoms with van der Waals surface area (Å²) in [6.45, 7) is 5.20. The van der Waals surface area contributed by atoms with Gasteiger partial charge in [0.05, 0.1) is 13.2 Å². The lowest BCUT2D eigenvalue weighted by Gasteiger charge is -2.27. The lowest BCUT2D eigenvalue weighted by atomic mass is 10.0. The second-order valence-electron chi connectivity index (χ2n) is 5.69. The SMILES string of the molecule is C=CCc1cc(C(=O)N(C)CC2CCCCO2)ccc1OC. The Labute approximate surface area is 132 Å². The van der Waals surface area contributed by atoms with Gasteiger partial charge in [0, 0.05) is 25.8 Å². The van der Waals surface area contributed by atoms with E-state index >= 15 is 0 Å². The number of allylic oxidation sites excluding steroid dienone is 1. The van der Waals surface area contributed by atoms with Crippen LogP contribution in [0.2, 0.25) is 0 Å². The maximum atomic E-state index is 12.6. The van der Waals surface area contributed by atoms with Gasteiger partial charge in [0.25, 0.3) is 5.91 Å². The molecule has 1 atom stereocenters. The molecule has 0 aromatic heterocycles. The summed E-state index contributed by atoms with van der Waals surface area (Å²) in [4.78, 5) is 14.3. The van der Waals surface area contributed by atoms with Crippen molar-refractivity contribution in [2.24, 2.45) is 0 Å². The van der Waals surface area contributed by atoms with Crippen molar-refractivity contribution < 1.29 is 14.3 Å². The van der Waals surface area contributed by atoms with E-state index in [1.165, 1.54) is 6.42 Å². The van der Waals surface area contributed by atoms with E-state index in [9.17, 15) is 4.79 Å². The van der Waals surface area contributed by atoms with E-state index in [0.29, 0.717) is 18.5 Å². The number of likely N-dealkylation sites (N-methyl/N-ethyl adjacent to an activating group) is 1. The van der Waals surface area contributed by atoms with Crippen LogP contribution >= 0.6 is 0 Å². The first-order chi connectivity index (χ1) is 10.7. The Morgan fingerprint density at radius 2 is 2.32 bits per heavy atom. The summed E-state index contributed by atoms with van der Waals surface area (Å²) >= 11 is 0. The van der Waals surface area contributed by atoms with Crippen molar-refractivity contribution in [2.75, 3.05) is 27.3 Å². The van der Waals surface area contributed by atoms with Crippen LogP contribution in [0.4, 0.5) is 0 Å². The summed E-state index contributed by atoms with van der Waals surface area (Å²) in [5.41, 5.74) is 1.65. The molecule has 1 saturated heterocycles. The minimum atomic E-state index is 0.0159. The number of amides is 1. The van der Waals surface area contributed by atoms with Gasteiger partial charge in [0.15, 0.2) is 0 Å². The molecule has 4 nitrogen and oxygen atoms in total. The Hall–Kier alpha value is -1.81. The molecule has 1 aromatic rings. The van der Waals surface area contributed by atoms with Gasteiger partial charge in [0.2, 0.25) is 0 Å². The number of carbonyl (C=O) groups is 1. The highest BCUT2D eigenvalue weighted by Crippen LogP contribution is 2.22. The summed E-state index contributed by atoms with van der Waals surface area (Å²) in [5, 5.41) is 0. The van der Waals surface area contributed by atoms with Gasteiger partial charge < -0.3 is 14.4 Å². The van der Waals surface area contributed by atoms with Crippen molar-refractivity contribution in [1.29, 1.82) is 0 Å². The molecule has 0 bridgehead atoms. The van der Waals surface area contributed by atoms with Crippen molar-refractivity contribution in [3.8, 4) is 5.75 Å². The minimum absolute atomic E-state index is 0.0159. The average molecular weight is 303 g/mol. The number of hydrogen-bond acceptors (Lipinski definition) is 3. The van der Waals surface area contributed by atoms with Crippen LogP contribution in [0, 0.1) is 0 Å². The zero-order valence-electron chi connectivity index (χ0n) is 13.5. The highest BCUT2D eigenvalue weighted by molar-refractivity contribution is 5.94. The van der Waals surface area contributed by atoms with Crippen LogP contribution in [0.5, 0.6) is 5.75 Å². The predicted molar refractivity (Wildman–Crippen MR) is 87.4 cm³/mol. The van der Waals surface area contributed by atoms with E-state index in [1.54, 1.807) is 12.0 Å². The van der Waals surface area contributed by atoms with E-state index in [1.807, 2.05) is 31.3 Å². The fourth-order valence-electron chi connectivity index (χ4n) is 2.79. The normalized spacial score (nSPS) is 17.8. The number of hydrogen-bond donors (Lipinski definition) is 0. The third kappa shape index (κ3) is 4.10. The molecule has 0 spiro atoms. The van der Waals surface area contributed by atoms with Gasteiger partial charge in [-0.25, -0.2) is 0 Å². The highest BCUT2D eigenvalue weighted by Gasteiger charge is 2.20. The fourth-order valence-corrected chi connectivity index (χ4v) is 2.79. The summed E-state index contributed by atoms with van der Waals surface area (Å²) < 4.78 is 11.0. The zero-order valence-corrected chi connectivity index (χ0v) is 13.5. The molecule has 1 aliphatic rings. The van der Waals surface area contributed by atoms with Crippen LogP contribution in [0.25, 0.3) is 0 Å². The van der Waals surface area contributed by atoms with E-state index in [-0.39, 0.29) is 12.0 Å². The Morgan fingerprint density at radius 3 is 2.95 bits per heavy atom. The van der Waals surface area contributed by atoms with Crippen LogP contribution in [-0.4, -0.2) is 44.2 Å². The third-order valence-corrected chi connectivity index (χ3v) is 3.99. The van der Waals surface area contributed by atoms with E-state index < -0.39 is 0 Å². The summed E-state index contributed by atoms with van der Waals surface area (Å²) in [6, 6.07) is 5.55. The van der Waals surface area contributed by atoms with Gasteiger partial charge in [-0.15, -0.1) is 6.58 Å². The Bertz CT molecular complexity index is 521. The number of ether oxygens (including phenoxy) is 2. The monoisotopic (exact) mass is 303 g/mol. The molecule has 0 N–H and O–H groups in total. The molecule has 120 valence electrons. The van der Waals surface area contributed by atoms with Gasteiger partial charge in [-0.1, -0.05) is 6.08 Å². The topological polar surface area (TPSA) is 38.8 Å². The number of methoxy groups -OCH3 is 1. The van der Waals surface area contributed by atoms with Crippen molar-refractivity contribution in [1.82, 2.24) is 4.90 Å². The molecule has 2 rings (SSSR count). The lowest BCUT2D eigenvalue weighted by molar-refractivity contribution is -0.000189. The van der Waals surface area contributed by atoms with Gasteiger partial charge in [-0.2, -0.15) is 0 Å². The standard InChI is InChI=1S/C18H25NO3/c1-4-7-14-12-15(9-10-17(14)21-3)18(20)19(2)13-16-8-5-6-11-22-16/h4,9-10,12,16H,1,5-8,11,13H2,2-3H3. The van der Waals surface area contributed by atoms with Crippen molar-refractivity contribution in [3.05, 3.63) is 42.0 Å². The largest absolute Gasteiger partial charge is 0.496 e. The second-order valence-corrected chi connectivity index (χ2v) is 5.69. The first-order valence-electron chi connectivity index (χ1n) is 7.80. The second kappa shape index (κ2) is 7.99. The summed E-state index contributed by atoms with van der Waals surface area (Å²) in [6.07, 6.45) is 5.98. The lowest BCUT2D eigenvalue weighted by Crippen LogP contribution is -2.37. The van der Waals surface area contributed by atoms with Crippen LogP contribution < -0.4 is 4.74 Å². The number of rotatable bonds is 6. The Balaban J connectivity index is 2.07. The molecule has 1 amide bonds. The maximum Gasteiger partial charge on any atom is 0.253 e. The van der Waals surface area contributed by atoms with Crippen molar-refractivity contribution >= 4 is 5.91 Å². The van der Waals surface area contributed by atoms with Gasteiger partial charge in [0.1, 0.15) is 5.75 Å². The first-order valence-corrected chi connectivity index (χ1v) is 7.80. The molecule has 22 heavy (non-hydrogen) atoms. The number of nitrogens with zero attached hydrogens (tertiary/aromatic N) is 1. The number of carbonyl (C=O) groups excluding carboxylic acids is 1. The molecule has 0 saturated carbocycles. The molecule has 4 heteroatoms. The summed E-state index contributed by atoms with van der Waals surface area (Å²) in [5.74, 6) is 0.803. The zero-order chi connectivity index (χ0) is 15.9. The third-order valence-electron chi connectivity index (χ3n) is 3.99. The Morgan fingerprint density at radius 1 is 1.50 bits per heavy atom. The molecular formula is C18H25NO3. The Kier molecular flexibility index (Phi) is 6.01. The van der Waals surface area contributed by atoms with Crippen LogP contribution in [-0.2, 0) is 11.2 Å². The quantitative estimate of drug-likeness (QED) is 0.758. The predicted octanol–water partition coefficient (Wildman–Crippen LogP) is 3.06.